The molecule has 0 saturated heterocycles. The van der Waals surface area contributed by atoms with Gasteiger partial charge in [0.25, 0.3) is 0 Å². The third-order valence-corrected chi connectivity index (χ3v) is 6.54. The number of pyridine rings is 1. The van der Waals surface area contributed by atoms with E-state index >= 15 is 0 Å². The molecule has 1 aliphatic carbocycles. The van der Waals surface area contributed by atoms with Crippen molar-refractivity contribution in [1.29, 1.82) is 0 Å². The van der Waals surface area contributed by atoms with Gasteiger partial charge < -0.3 is 5.73 Å². The lowest BCUT2D eigenvalue weighted by Crippen LogP contribution is -2.22. The molecule has 1 aliphatic rings. The number of para-hydroxylation sites is 1. The summed E-state index contributed by atoms with van der Waals surface area (Å²) in [6, 6.07) is 10.2. The summed E-state index contributed by atoms with van der Waals surface area (Å²) >= 11 is 0. The van der Waals surface area contributed by atoms with E-state index in [2.05, 4.69) is 38.5 Å². The molecule has 1 aromatic carbocycles. The fourth-order valence-electron chi connectivity index (χ4n) is 4.67. The first-order valence-corrected chi connectivity index (χ1v) is 10.9. The van der Waals surface area contributed by atoms with Crippen LogP contribution < -0.4 is 11.2 Å². The van der Waals surface area contributed by atoms with Gasteiger partial charge in [-0.15, -0.1) is 0 Å². The van der Waals surface area contributed by atoms with E-state index in [1.165, 1.54) is 11.1 Å². The highest BCUT2D eigenvalue weighted by Gasteiger charge is 2.22. The number of nitrogens with two attached hydrogens (primary N) is 1. The predicted octanol–water partition coefficient (Wildman–Crippen LogP) is 2.86. The van der Waals surface area contributed by atoms with E-state index in [1.807, 2.05) is 50.8 Å². The molecular formula is C24H22BN7. The van der Waals surface area contributed by atoms with Gasteiger partial charge in [-0.3, -0.25) is 10.1 Å². The van der Waals surface area contributed by atoms with Gasteiger partial charge in [-0.05, 0) is 53.9 Å². The van der Waals surface area contributed by atoms with Crippen LogP contribution in [0.4, 0.5) is 5.82 Å². The molecule has 0 fully saturated rings. The number of aromatic amines is 1. The standard InChI is InChI=1S/C24H22BN7/c25-21-22(15-7-5-14(6-8-15)18-11-28-29-12-18)31-24-19(13-30-32(24)23(21)26)17-9-16-3-1-2-4-20(16)27-10-17/h1-4,7,9-14H,5-6,8,25-26H2,(H,28,29). The van der Waals surface area contributed by atoms with Crippen LogP contribution in [-0.2, 0) is 0 Å². The Morgan fingerprint density at radius 1 is 1.16 bits per heavy atom. The number of aromatic nitrogens is 6. The topological polar surface area (TPSA) is 97.8 Å². The monoisotopic (exact) mass is 419 g/mol. The normalized spacial score (nSPS) is 16.5. The molecule has 0 radical (unpaired) electrons. The maximum Gasteiger partial charge on any atom is 0.165 e. The third kappa shape index (κ3) is 2.99. The van der Waals surface area contributed by atoms with Crippen molar-refractivity contribution in [3.8, 4) is 11.1 Å². The highest BCUT2D eigenvalue weighted by atomic mass is 15.3. The number of nitrogens with one attached hydrogen (secondary N) is 1. The Labute approximate surface area is 185 Å². The van der Waals surface area contributed by atoms with Gasteiger partial charge >= 0.3 is 0 Å². The molecule has 8 heteroatoms. The van der Waals surface area contributed by atoms with E-state index in [0.29, 0.717) is 11.7 Å². The highest BCUT2D eigenvalue weighted by molar-refractivity contribution is 6.37. The van der Waals surface area contributed by atoms with Gasteiger partial charge in [-0.2, -0.15) is 14.7 Å². The number of H-pyrrole nitrogens is 1. The molecule has 0 bridgehead atoms. The van der Waals surface area contributed by atoms with Crippen molar-refractivity contribution in [2.75, 3.05) is 5.73 Å². The first kappa shape index (κ1) is 18.8. The van der Waals surface area contributed by atoms with E-state index in [0.717, 1.165) is 58.1 Å². The molecule has 6 rings (SSSR count). The number of nitrogen functional groups attached to an aromatic ring is 1. The van der Waals surface area contributed by atoms with E-state index in [4.69, 9.17) is 10.7 Å². The average Bonchev–Trinajstić information content (AvgIpc) is 3.52. The molecule has 32 heavy (non-hydrogen) atoms. The predicted molar refractivity (Wildman–Crippen MR) is 129 cm³/mol. The Morgan fingerprint density at radius 3 is 2.88 bits per heavy atom. The van der Waals surface area contributed by atoms with Crippen LogP contribution in [0, 0.1) is 0 Å². The summed E-state index contributed by atoms with van der Waals surface area (Å²) in [5.41, 5.74) is 14.6. The number of benzene rings is 1. The first-order valence-electron chi connectivity index (χ1n) is 10.9. The lowest BCUT2D eigenvalue weighted by molar-refractivity contribution is 0.625. The Bertz CT molecular complexity index is 1480. The molecule has 1 unspecified atom stereocenters. The highest BCUT2D eigenvalue weighted by Crippen LogP contribution is 2.35. The van der Waals surface area contributed by atoms with Crippen molar-refractivity contribution in [2.45, 2.75) is 25.2 Å². The van der Waals surface area contributed by atoms with Gasteiger partial charge in [-0.1, -0.05) is 24.3 Å². The summed E-state index contributed by atoms with van der Waals surface area (Å²) in [7, 11) is 2.03. The van der Waals surface area contributed by atoms with E-state index in [9.17, 15) is 0 Å². The largest absolute Gasteiger partial charge is 0.384 e. The molecule has 156 valence electrons. The second-order valence-electron chi connectivity index (χ2n) is 8.41. The Morgan fingerprint density at radius 2 is 2.06 bits per heavy atom. The minimum atomic E-state index is 0.494. The molecule has 0 saturated carbocycles. The number of rotatable bonds is 3. The van der Waals surface area contributed by atoms with Crippen LogP contribution in [0.1, 0.15) is 36.4 Å². The van der Waals surface area contributed by atoms with Crippen molar-refractivity contribution < 1.29 is 0 Å². The summed E-state index contributed by atoms with van der Waals surface area (Å²) in [5, 5.41) is 12.6. The number of fused-ring (bicyclic) bond motifs is 2. The molecule has 0 amide bonds. The van der Waals surface area contributed by atoms with E-state index < -0.39 is 0 Å². The lowest BCUT2D eigenvalue weighted by atomic mass is 9.82. The van der Waals surface area contributed by atoms with Crippen LogP contribution in [0.2, 0.25) is 0 Å². The van der Waals surface area contributed by atoms with Crippen molar-refractivity contribution in [3.05, 3.63) is 72.5 Å². The average molecular weight is 419 g/mol. The van der Waals surface area contributed by atoms with E-state index in [1.54, 1.807) is 4.52 Å². The second-order valence-corrected chi connectivity index (χ2v) is 8.41. The van der Waals surface area contributed by atoms with E-state index in [-0.39, 0.29) is 0 Å². The zero-order valence-corrected chi connectivity index (χ0v) is 17.8. The summed E-state index contributed by atoms with van der Waals surface area (Å²) < 4.78 is 1.74. The summed E-state index contributed by atoms with van der Waals surface area (Å²) in [6.07, 6.45) is 12.9. The number of hydrogen-bond donors (Lipinski definition) is 2. The van der Waals surface area contributed by atoms with Gasteiger partial charge in [0, 0.05) is 28.9 Å². The van der Waals surface area contributed by atoms with Gasteiger partial charge in [0.15, 0.2) is 5.65 Å². The Hall–Kier alpha value is -3.94. The molecule has 3 N–H and O–H groups in total. The summed E-state index contributed by atoms with van der Waals surface area (Å²) in [4.78, 5) is 9.68. The Kier molecular flexibility index (Phi) is 4.31. The lowest BCUT2D eigenvalue weighted by Gasteiger charge is -2.22. The van der Waals surface area contributed by atoms with Crippen LogP contribution in [-0.4, -0.2) is 37.6 Å². The molecule has 4 heterocycles. The van der Waals surface area contributed by atoms with Crippen LogP contribution in [0.25, 0.3) is 33.3 Å². The third-order valence-electron chi connectivity index (χ3n) is 6.54. The minimum Gasteiger partial charge on any atom is -0.384 e. The van der Waals surface area contributed by atoms with Gasteiger partial charge in [-0.25, -0.2) is 4.98 Å². The van der Waals surface area contributed by atoms with Gasteiger partial charge in [0.2, 0.25) is 0 Å². The van der Waals surface area contributed by atoms with Gasteiger partial charge in [0.05, 0.1) is 23.6 Å². The smallest absolute Gasteiger partial charge is 0.165 e. The minimum absolute atomic E-state index is 0.494. The van der Waals surface area contributed by atoms with Gasteiger partial charge in [0.1, 0.15) is 13.7 Å². The first-order chi connectivity index (χ1) is 15.7. The maximum atomic E-state index is 6.52. The molecular weight excluding hydrogens is 397 g/mol. The molecule has 4 aromatic heterocycles. The fourth-order valence-corrected chi connectivity index (χ4v) is 4.67. The molecule has 0 spiro atoms. The van der Waals surface area contributed by atoms with Crippen molar-refractivity contribution in [3.63, 3.8) is 0 Å². The quantitative estimate of drug-likeness (QED) is 0.439. The maximum absolute atomic E-state index is 6.52. The number of anilines is 1. The molecule has 7 nitrogen and oxygen atoms in total. The van der Waals surface area contributed by atoms with Crippen LogP contribution in [0.5, 0.6) is 0 Å². The number of allylic oxidation sites excluding steroid dienone is 2. The number of hydrogen-bond acceptors (Lipinski definition) is 5. The molecule has 1 atom stereocenters. The SMILES string of the molecule is Bc1c(C2=CCC(c3cn[nH]c3)CC2)nc2c(-c3cnc4ccccc4c3)cnn2c1N. The van der Waals surface area contributed by atoms with Crippen molar-refractivity contribution in [1.82, 2.24) is 29.8 Å². The van der Waals surface area contributed by atoms with Crippen molar-refractivity contribution in [2.24, 2.45) is 0 Å². The molecule has 0 aliphatic heterocycles. The van der Waals surface area contributed by atoms with Crippen molar-refractivity contribution >= 4 is 41.3 Å². The van der Waals surface area contributed by atoms with Crippen LogP contribution in [0.15, 0.2) is 61.2 Å². The fraction of sp³-hybridized carbons (Fsp3) is 0.167. The van der Waals surface area contributed by atoms with Crippen LogP contribution in [0.3, 0.4) is 0 Å². The molecule has 5 aromatic rings. The number of nitrogens with zero attached hydrogens (tertiary/aromatic N) is 5. The zero-order valence-electron chi connectivity index (χ0n) is 17.8. The second kappa shape index (κ2) is 7.34. The summed E-state index contributed by atoms with van der Waals surface area (Å²) in [5.74, 6) is 1.12. The Balaban J connectivity index is 1.44. The zero-order chi connectivity index (χ0) is 21.7. The summed E-state index contributed by atoms with van der Waals surface area (Å²) in [6.45, 7) is 0. The van der Waals surface area contributed by atoms with Crippen LogP contribution >= 0.6 is 0 Å².